The second-order valence-corrected chi connectivity index (χ2v) is 7.65. The topological polar surface area (TPSA) is 48.7 Å². The molecule has 1 aromatic heterocycles. The van der Waals surface area contributed by atoms with E-state index in [1.54, 1.807) is 0 Å². The maximum atomic E-state index is 9.50. The third-order valence-electron chi connectivity index (χ3n) is 4.76. The molecule has 1 aliphatic rings. The molecule has 2 aromatic rings. The molecule has 1 aliphatic carbocycles. The van der Waals surface area contributed by atoms with E-state index in [-0.39, 0.29) is 5.41 Å². The number of nitrogens with zero attached hydrogens (tertiary/aromatic N) is 2. The Kier molecular flexibility index (Phi) is 4.82. The summed E-state index contributed by atoms with van der Waals surface area (Å²) in [6, 6.07) is 12.7. The number of aromatic nitrogens is 1. The van der Waals surface area contributed by atoms with Crippen molar-refractivity contribution in [2.75, 3.05) is 11.9 Å². The van der Waals surface area contributed by atoms with Gasteiger partial charge in [-0.15, -0.1) is 12.6 Å². The number of nitrogens with one attached hydrogen (secondary N) is 1. The van der Waals surface area contributed by atoms with Gasteiger partial charge >= 0.3 is 0 Å². The summed E-state index contributed by atoms with van der Waals surface area (Å²) in [6.07, 6.45) is 3.94. The van der Waals surface area contributed by atoms with Crippen LogP contribution < -0.4 is 5.32 Å². The summed E-state index contributed by atoms with van der Waals surface area (Å²) in [5.41, 5.74) is 4.52. The summed E-state index contributed by atoms with van der Waals surface area (Å²) in [5, 5.41) is 13.5. The predicted octanol–water partition coefficient (Wildman–Crippen LogP) is 4.41. The zero-order valence-electron chi connectivity index (χ0n) is 14.3. The molecule has 4 heteroatoms. The third kappa shape index (κ3) is 3.57. The van der Waals surface area contributed by atoms with Gasteiger partial charge in [-0.1, -0.05) is 44.2 Å². The normalized spacial score (nSPS) is 15.4. The van der Waals surface area contributed by atoms with Crippen LogP contribution in [0.4, 0.5) is 5.82 Å². The van der Waals surface area contributed by atoms with E-state index < -0.39 is 0 Å². The number of pyridine rings is 1. The Morgan fingerprint density at radius 1 is 1.25 bits per heavy atom. The highest BCUT2D eigenvalue weighted by molar-refractivity contribution is 7.80. The first-order chi connectivity index (χ1) is 11.5. The maximum absolute atomic E-state index is 9.50. The minimum absolute atomic E-state index is 0.224. The Morgan fingerprint density at radius 2 is 2.00 bits per heavy atom. The van der Waals surface area contributed by atoms with Gasteiger partial charge in [-0.2, -0.15) is 5.26 Å². The van der Waals surface area contributed by atoms with Crippen molar-refractivity contribution in [3.05, 3.63) is 52.6 Å². The van der Waals surface area contributed by atoms with Gasteiger partial charge in [0, 0.05) is 6.54 Å². The number of nitriles is 1. The highest BCUT2D eigenvalue weighted by atomic mass is 32.1. The minimum atomic E-state index is 0.224. The molecule has 0 saturated carbocycles. The molecule has 1 heterocycles. The minimum Gasteiger partial charge on any atom is -0.369 e. The molecular weight excluding hydrogens is 314 g/mol. The number of hydrogen-bond donors (Lipinski definition) is 2. The van der Waals surface area contributed by atoms with E-state index in [0.29, 0.717) is 10.6 Å². The molecule has 0 bridgehead atoms. The fourth-order valence-corrected chi connectivity index (χ4v) is 3.67. The zero-order valence-corrected chi connectivity index (χ0v) is 15.2. The smallest absolute Gasteiger partial charge is 0.130 e. The van der Waals surface area contributed by atoms with E-state index in [4.69, 9.17) is 0 Å². The quantitative estimate of drug-likeness (QED) is 0.812. The largest absolute Gasteiger partial charge is 0.369 e. The van der Waals surface area contributed by atoms with Gasteiger partial charge in [-0.3, -0.25) is 0 Å². The van der Waals surface area contributed by atoms with Crippen molar-refractivity contribution >= 4 is 18.4 Å². The van der Waals surface area contributed by atoms with Crippen molar-refractivity contribution in [3.8, 4) is 6.07 Å². The van der Waals surface area contributed by atoms with Gasteiger partial charge < -0.3 is 5.32 Å². The molecule has 1 N–H and O–H groups in total. The Labute approximate surface area is 149 Å². The average Bonchev–Trinajstić information content (AvgIpc) is 2.55. The lowest BCUT2D eigenvalue weighted by molar-refractivity contribution is 0.314. The predicted molar refractivity (Wildman–Crippen MR) is 101 cm³/mol. The molecule has 0 amide bonds. The van der Waals surface area contributed by atoms with Gasteiger partial charge in [-0.25, -0.2) is 4.98 Å². The van der Waals surface area contributed by atoms with E-state index >= 15 is 0 Å². The maximum Gasteiger partial charge on any atom is 0.130 e. The number of fused-ring (bicyclic) bond motifs is 1. The number of hydrogen-bond acceptors (Lipinski definition) is 4. The van der Waals surface area contributed by atoms with E-state index in [9.17, 15) is 5.26 Å². The summed E-state index contributed by atoms with van der Waals surface area (Å²) in [4.78, 5) is 4.57. The number of rotatable bonds is 4. The fraction of sp³-hybridized carbons (Fsp3) is 0.400. The summed E-state index contributed by atoms with van der Waals surface area (Å²) >= 11 is 4.46. The molecular formula is C20H23N3S. The molecule has 124 valence electrons. The highest BCUT2D eigenvalue weighted by Gasteiger charge is 2.30. The highest BCUT2D eigenvalue weighted by Crippen LogP contribution is 2.39. The van der Waals surface area contributed by atoms with Crippen molar-refractivity contribution < 1.29 is 0 Å². The first-order valence-corrected chi connectivity index (χ1v) is 8.87. The Bertz CT molecular complexity index is 776. The molecule has 0 fully saturated rings. The molecule has 0 radical (unpaired) electrons. The molecule has 24 heavy (non-hydrogen) atoms. The lowest BCUT2D eigenvalue weighted by atomic mass is 9.73. The first kappa shape index (κ1) is 16.9. The zero-order chi connectivity index (χ0) is 17.2. The van der Waals surface area contributed by atoms with Gasteiger partial charge in [0.1, 0.15) is 16.9 Å². The number of benzene rings is 1. The molecule has 0 atom stereocenters. The molecule has 3 rings (SSSR count). The Hall–Kier alpha value is -1.99. The van der Waals surface area contributed by atoms with Crippen molar-refractivity contribution in [1.29, 1.82) is 5.26 Å². The second-order valence-electron chi connectivity index (χ2n) is 7.23. The molecule has 0 aliphatic heterocycles. The molecule has 1 aromatic carbocycles. The first-order valence-electron chi connectivity index (χ1n) is 8.43. The van der Waals surface area contributed by atoms with Crippen LogP contribution in [0, 0.1) is 16.7 Å². The van der Waals surface area contributed by atoms with Gasteiger partial charge in [0.25, 0.3) is 0 Å². The van der Waals surface area contributed by atoms with Gasteiger partial charge in [0.15, 0.2) is 0 Å². The lowest BCUT2D eigenvalue weighted by Gasteiger charge is -2.33. The van der Waals surface area contributed by atoms with Crippen molar-refractivity contribution in [1.82, 2.24) is 4.98 Å². The van der Waals surface area contributed by atoms with Crippen LogP contribution in [0.1, 0.15) is 42.5 Å². The Morgan fingerprint density at radius 3 is 2.71 bits per heavy atom. The molecule has 3 nitrogen and oxygen atoms in total. The van der Waals surface area contributed by atoms with Gasteiger partial charge in [-0.05, 0) is 47.8 Å². The number of anilines is 1. The van der Waals surface area contributed by atoms with Crippen LogP contribution in [0.25, 0.3) is 0 Å². The third-order valence-corrected chi connectivity index (χ3v) is 5.08. The summed E-state index contributed by atoms with van der Waals surface area (Å²) in [6.45, 7) is 5.35. The second kappa shape index (κ2) is 6.86. The van der Waals surface area contributed by atoms with Crippen molar-refractivity contribution in [3.63, 3.8) is 0 Å². The van der Waals surface area contributed by atoms with Crippen LogP contribution in [0.15, 0.2) is 35.4 Å². The van der Waals surface area contributed by atoms with Crippen LogP contribution in [-0.4, -0.2) is 11.5 Å². The van der Waals surface area contributed by atoms with Crippen molar-refractivity contribution in [2.24, 2.45) is 5.41 Å². The van der Waals surface area contributed by atoms with Crippen LogP contribution in [0.3, 0.4) is 0 Å². The van der Waals surface area contributed by atoms with Gasteiger partial charge in [0.05, 0.1) is 5.56 Å². The van der Waals surface area contributed by atoms with Crippen molar-refractivity contribution in [2.45, 2.75) is 44.6 Å². The SMILES string of the molecule is CC1(C)CCc2c(NCCc3ccccc3)nc(S)c(C#N)c2C1. The van der Waals surface area contributed by atoms with Crippen LogP contribution in [0.2, 0.25) is 0 Å². The summed E-state index contributed by atoms with van der Waals surface area (Å²) in [5.74, 6) is 0.903. The van der Waals surface area contributed by atoms with Crippen LogP contribution in [-0.2, 0) is 19.3 Å². The van der Waals surface area contributed by atoms with Gasteiger partial charge in [0.2, 0.25) is 0 Å². The van der Waals surface area contributed by atoms with E-state index in [1.165, 1.54) is 11.1 Å². The summed E-state index contributed by atoms with van der Waals surface area (Å²) < 4.78 is 0. The van der Waals surface area contributed by atoms with E-state index in [0.717, 1.165) is 43.6 Å². The standard InChI is InChI=1S/C20H23N3S/c1-20(2)10-8-15-16(12-20)17(13-21)19(24)23-18(15)22-11-9-14-6-4-3-5-7-14/h3-7H,8-12H2,1-2H3,(H2,22,23,24). The monoisotopic (exact) mass is 337 g/mol. The fourth-order valence-electron chi connectivity index (χ4n) is 3.39. The van der Waals surface area contributed by atoms with E-state index in [2.05, 4.69) is 67.1 Å². The lowest BCUT2D eigenvalue weighted by Crippen LogP contribution is -2.25. The van der Waals surface area contributed by atoms with Crippen LogP contribution in [0.5, 0.6) is 0 Å². The average molecular weight is 337 g/mol. The van der Waals surface area contributed by atoms with Crippen LogP contribution >= 0.6 is 12.6 Å². The van der Waals surface area contributed by atoms with E-state index in [1.807, 2.05) is 6.07 Å². The number of thiol groups is 1. The molecule has 0 unspecified atom stereocenters. The molecule has 0 spiro atoms. The Balaban J connectivity index is 1.84. The summed E-state index contributed by atoms with van der Waals surface area (Å²) in [7, 11) is 0. The molecule has 0 saturated heterocycles.